The van der Waals surface area contributed by atoms with E-state index in [1.54, 1.807) is 7.11 Å². The third-order valence-corrected chi connectivity index (χ3v) is 3.13. The number of unbranched alkanes of at least 4 members (excludes halogenated alkanes) is 1. The van der Waals surface area contributed by atoms with Crippen molar-refractivity contribution in [2.75, 3.05) is 26.9 Å². The second-order valence-electron chi connectivity index (χ2n) is 4.53. The number of hydrogen-bond acceptors (Lipinski definition) is 3. The fourth-order valence-corrected chi connectivity index (χ4v) is 1.78. The zero-order valence-electron chi connectivity index (χ0n) is 11.3. The largest absolute Gasteiger partial charge is 0.382 e. The molecule has 0 aliphatic heterocycles. The number of hydrogen-bond donors (Lipinski definition) is 1. The Bertz CT molecular complexity index is 153. The quantitative estimate of drug-likeness (QED) is 0.556. The molecule has 0 aromatic carbocycles. The molecule has 0 saturated carbocycles. The Labute approximate surface area is 101 Å². The molecular formula is C13H29NO2. The highest BCUT2D eigenvalue weighted by Gasteiger charge is 2.20. The molecule has 1 unspecified atom stereocenters. The van der Waals surface area contributed by atoms with Gasteiger partial charge in [0.05, 0.1) is 13.2 Å². The summed E-state index contributed by atoms with van der Waals surface area (Å²) in [6.07, 6.45) is 6.77. The molecule has 0 aromatic rings. The van der Waals surface area contributed by atoms with Crippen molar-refractivity contribution in [3.8, 4) is 0 Å². The first-order chi connectivity index (χ1) is 7.68. The van der Waals surface area contributed by atoms with Crippen LogP contribution in [0.2, 0.25) is 0 Å². The average Bonchev–Trinajstić information content (AvgIpc) is 2.31. The van der Waals surface area contributed by atoms with Crippen molar-refractivity contribution in [3.05, 3.63) is 0 Å². The van der Waals surface area contributed by atoms with Crippen LogP contribution in [-0.2, 0) is 9.47 Å². The van der Waals surface area contributed by atoms with Crippen LogP contribution in [0.5, 0.6) is 0 Å². The van der Waals surface area contributed by atoms with Crippen molar-refractivity contribution >= 4 is 0 Å². The smallest absolute Gasteiger partial charge is 0.0700 e. The number of methoxy groups -OCH3 is 1. The Kier molecular flexibility index (Phi) is 9.99. The minimum absolute atomic E-state index is 0.0284. The van der Waals surface area contributed by atoms with Gasteiger partial charge in [-0.05, 0) is 25.7 Å². The van der Waals surface area contributed by atoms with Gasteiger partial charge in [-0.2, -0.15) is 0 Å². The lowest BCUT2D eigenvalue weighted by atomic mass is 9.86. The second kappa shape index (κ2) is 10.1. The number of ether oxygens (including phenoxy) is 2. The normalized spacial score (nSPS) is 15.0. The third-order valence-electron chi connectivity index (χ3n) is 3.13. The molecule has 3 heteroatoms. The highest BCUT2D eigenvalue weighted by atomic mass is 16.5. The van der Waals surface area contributed by atoms with Crippen LogP contribution >= 0.6 is 0 Å². The maximum absolute atomic E-state index is 6.34. The van der Waals surface area contributed by atoms with Gasteiger partial charge in [0, 0.05) is 19.3 Å². The summed E-state index contributed by atoms with van der Waals surface area (Å²) in [5.41, 5.74) is 6.37. The van der Waals surface area contributed by atoms with Gasteiger partial charge < -0.3 is 15.2 Å². The maximum atomic E-state index is 6.34. The van der Waals surface area contributed by atoms with E-state index in [2.05, 4.69) is 13.8 Å². The van der Waals surface area contributed by atoms with E-state index in [1.165, 1.54) is 12.8 Å². The first kappa shape index (κ1) is 15.9. The highest BCUT2D eigenvalue weighted by molar-refractivity contribution is 4.82. The molecule has 0 aliphatic rings. The average molecular weight is 231 g/mol. The van der Waals surface area contributed by atoms with Gasteiger partial charge in [-0.15, -0.1) is 0 Å². The fraction of sp³-hybridized carbons (Fsp3) is 1.00. The predicted molar refractivity (Wildman–Crippen MR) is 68.7 cm³/mol. The summed E-state index contributed by atoms with van der Waals surface area (Å²) in [6, 6.07) is 0. The van der Waals surface area contributed by atoms with Gasteiger partial charge in [0.15, 0.2) is 0 Å². The van der Waals surface area contributed by atoms with Gasteiger partial charge >= 0.3 is 0 Å². The summed E-state index contributed by atoms with van der Waals surface area (Å²) in [7, 11) is 1.69. The van der Waals surface area contributed by atoms with E-state index >= 15 is 0 Å². The SMILES string of the molecule is CCCCC(N)(CC)CCCOCCOC. The molecule has 0 rings (SSSR count). The molecule has 0 bridgehead atoms. The fourth-order valence-electron chi connectivity index (χ4n) is 1.78. The van der Waals surface area contributed by atoms with Crippen LogP contribution in [-0.4, -0.2) is 32.5 Å². The van der Waals surface area contributed by atoms with Crippen molar-refractivity contribution < 1.29 is 9.47 Å². The van der Waals surface area contributed by atoms with Gasteiger partial charge in [-0.1, -0.05) is 26.7 Å². The monoisotopic (exact) mass is 231 g/mol. The summed E-state index contributed by atoms with van der Waals surface area (Å²) >= 11 is 0. The van der Waals surface area contributed by atoms with Crippen LogP contribution in [0, 0.1) is 0 Å². The molecule has 3 nitrogen and oxygen atoms in total. The number of rotatable bonds is 11. The Balaban J connectivity index is 3.53. The first-order valence-electron chi connectivity index (χ1n) is 6.54. The number of nitrogens with two attached hydrogens (primary N) is 1. The van der Waals surface area contributed by atoms with E-state index in [4.69, 9.17) is 15.2 Å². The Morgan fingerprint density at radius 1 is 1.00 bits per heavy atom. The standard InChI is InChI=1S/C13H29NO2/c1-4-6-8-13(14,5-2)9-7-10-16-12-11-15-3/h4-12,14H2,1-3H3. The molecule has 2 N–H and O–H groups in total. The van der Waals surface area contributed by atoms with E-state index in [0.29, 0.717) is 13.2 Å². The summed E-state index contributed by atoms with van der Waals surface area (Å²) in [4.78, 5) is 0. The van der Waals surface area contributed by atoms with Crippen LogP contribution in [0.3, 0.4) is 0 Å². The summed E-state index contributed by atoms with van der Waals surface area (Å²) in [6.45, 7) is 6.56. The Hall–Kier alpha value is -0.120. The van der Waals surface area contributed by atoms with E-state index in [9.17, 15) is 0 Å². The molecule has 0 spiro atoms. The predicted octanol–water partition coefficient (Wildman–Crippen LogP) is 2.73. The molecule has 16 heavy (non-hydrogen) atoms. The molecule has 0 aliphatic carbocycles. The molecular weight excluding hydrogens is 202 g/mol. The van der Waals surface area contributed by atoms with Crippen LogP contribution in [0.1, 0.15) is 52.4 Å². The molecule has 0 heterocycles. The van der Waals surface area contributed by atoms with Crippen LogP contribution < -0.4 is 5.73 Å². The lowest BCUT2D eigenvalue weighted by Gasteiger charge is -2.28. The van der Waals surface area contributed by atoms with Crippen molar-refractivity contribution in [3.63, 3.8) is 0 Å². The van der Waals surface area contributed by atoms with Crippen LogP contribution in [0.15, 0.2) is 0 Å². The lowest BCUT2D eigenvalue weighted by molar-refractivity contribution is 0.0660. The van der Waals surface area contributed by atoms with Gasteiger partial charge in [0.25, 0.3) is 0 Å². The molecule has 1 atom stereocenters. The minimum Gasteiger partial charge on any atom is -0.382 e. The van der Waals surface area contributed by atoms with E-state index in [1.807, 2.05) is 0 Å². The molecule has 0 aromatic heterocycles. The van der Waals surface area contributed by atoms with Gasteiger partial charge in [0.2, 0.25) is 0 Å². The molecule has 98 valence electrons. The third kappa shape index (κ3) is 8.08. The Morgan fingerprint density at radius 3 is 2.25 bits per heavy atom. The van der Waals surface area contributed by atoms with Crippen LogP contribution in [0.25, 0.3) is 0 Å². The van der Waals surface area contributed by atoms with E-state index < -0.39 is 0 Å². The van der Waals surface area contributed by atoms with Crippen molar-refractivity contribution in [2.45, 2.75) is 57.9 Å². The van der Waals surface area contributed by atoms with Crippen LogP contribution in [0.4, 0.5) is 0 Å². The zero-order chi connectivity index (χ0) is 12.3. The maximum Gasteiger partial charge on any atom is 0.0700 e. The second-order valence-corrected chi connectivity index (χ2v) is 4.53. The highest BCUT2D eigenvalue weighted by Crippen LogP contribution is 2.21. The van der Waals surface area contributed by atoms with Crippen molar-refractivity contribution in [2.24, 2.45) is 5.73 Å². The van der Waals surface area contributed by atoms with Gasteiger partial charge in [0.1, 0.15) is 0 Å². The topological polar surface area (TPSA) is 44.5 Å². The van der Waals surface area contributed by atoms with Crippen molar-refractivity contribution in [1.82, 2.24) is 0 Å². The van der Waals surface area contributed by atoms with E-state index in [0.717, 1.165) is 32.3 Å². The summed E-state index contributed by atoms with van der Waals surface area (Å²) in [5.74, 6) is 0. The summed E-state index contributed by atoms with van der Waals surface area (Å²) in [5, 5.41) is 0. The zero-order valence-corrected chi connectivity index (χ0v) is 11.3. The first-order valence-corrected chi connectivity index (χ1v) is 6.54. The Morgan fingerprint density at radius 2 is 1.69 bits per heavy atom. The van der Waals surface area contributed by atoms with E-state index in [-0.39, 0.29) is 5.54 Å². The molecule has 0 saturated heterocycles. The minimum atomic E-state index is 0.0284. The van der Waals surface area contributed by atoms with Gasteiger partial charge in [-0.25, -0.2) is 0 Å². The van der Waals surface area contributed by atoms with Crippen molar-refractivity contribution in [1.29, 1.82) is 0 Å². The molecule has 0 radical (unpaired) electrons. The molecule has 0 fully saturated rings. The van der Waals surface area contributed by atoms with Gasteiger partial charge in [-0.3, -0.25) is 0 Å². The summed E-state index contributed by atoms with van der Waals surface area (Å²) < 4.78 is 10.4. The molecule has 0 amide bonds. The lowest BCUT2D eigenvalue weighted by Crippen LogP contribution is -2.39.